The van der Waals surface area contributed by atoms with Gasteiger partial charge in [-0.05, 0) is 37.1 Å². The number of amides is 1. The molecule has 0 spiro atoms. The topological polar surface area (TPSA) is 96.6 Å². The Morgan fingerprint density at radius 2 is 1.71 bits per heavy atom. The first-order valence-electron chi connectivity index (χ1n) is 9.88. The van der Waals surface area contributed by atoms with Crippen LogP contribution in [0.3, 0.4) is 0 Å². The average Bonchev–Trinajstić information content (AvgIpc) is 3.25. The van der Waals surface area contributed by atoms with Crippen LogP contribution in [0.4, 0.5) is 13.2 Å². The van der Waals surface area contributed by atoms with Gasteiger partial charge < -0.3 is 9.32 Å². The van der Waals surface area contributed by atoms with E-state index in [1.807, 2.05) is 0 Å². The van der Waals surface area contributed by atoms with Gasteiger partial charge in [0.05, 0.1) is 4.90 Å². The average molecular weight is 460 g/mol. The minimum Gasteiger partial charge on any atom is -0.417 e. The van der Waals surface area contributed by atoms with Crippen LogP contribution in [0.5, 0.6) is 0 Å². The quantitative estimate of drug-likeness (QED) is 0.657. The summed E-state index contributed by atoms with van der Waals surface area (Å²) in [4.78, 5) is 14.4. The van der Waals surface area contributed by atoms with Gasteiger partial charge in [0, 0.05) is 37.7 Å². The van der Waals surface area contributed by atoms with Crippen molar-refractivity contribution >= 4 is 15.9 Å². The molecule has 2 heterocycles. The van der Waals surface area contributed by atoms with Crippen molar-refractivity contribution in [3.05, 3.63) is 41.6 Å². The van der Waals surface area contributed by atoms with E-state index in [1.165, 1.54) is 28.6 Å². The summed E-state index contributed by atoms with van der Waals surface area (Å²) >= 11 is 0. The lowest BCUT2D eigenvalue weighted by Crippen LogP contribution is -2.38. The molecule has 1 fully saturated rings. The van der Waals surface area contributed by atoms with Crippen LogP contribution in [-0.2, 0) is 16.2 Å². The molecule has 170 valence electrons. The van der Waals surface area contributed by atoms with E-state index in [-0.39, 0.29) is 22.6 Å². The summed E-state index contributed by atoms with van der Waals surface area (Å²) in [5, 5.41) is 6.54. The first-order chi connectivity index (χ1) is 14.6. The van der Waals surface area contributed by atoms with Crippen LogP contribution < -0.4 is 0 Å². The number of aromatic nitrogens is 2. The molecule has 0 N–H and O–H groups in total. The highest BCUT2D eigenvalue weighted by Crippen LogP contribution is 2.32. The smallest absolute Gasteiger partial charge is 0.417 e. The fourth-order valence-electron chi connectivity index (χ4n) is 3.51. The van der Waals surface area contributed by atoms with Gasteiger partial charge in [-0.15, -0.1) is 10.2 Å². The molecule has 1 saturated heterocycles. The zero-order valence-corrected chi connectivity index (χ0v) is 17.9. The van der Waals surface area contributed by atoms with Crippen LogP contribution >= 0.6 is 0 Å². The first kappa shape index (κ1) is 23.2. The Kier molecular flexibility index (Phi) is 6.70. The Morgan fingerprint density at radius 1 is 1.13 bits per heavy atom. The molecule has 0 aliphatic carbocycles. The van der Waals surface area contributed by atoms with Crippen molar-refractivity contribution in [2.24, 2.45) is 0 Å². The lowest BCUT2D eigenvalue weighted by molar-refractivity contribution is -0.157. The molecule has 0 saturated carbocycles. The zero-order chi connectivity index (χ0) is 22.8. The first-order valence-corrected chi connectivity index (χ1v) is 11.3. The van der Waals surface area contributed by atoms with E-state index in [2.05, 4.69) is 10.2 Å². The Balaban J connectivity index is 1.64. The fraction of sp³-hybridized carbons (Fsp3) is 0.526. The zero-order valence-electron chi connectivity index (χ0n) is 17.1. The predicted octanol–water partition coefficient (Wildman–Crippen LogP) is 3.14. The van der Waals surface area contributed by atoms with Crippen molar-refractivity contribution < 1.29 is 30.8 Å². The Morgan fingerprint density at radius 3 is 2.19 bits per heavy atom. The van der Waals surface area contributed by atoms with Gasteiger partial charge in [-0.25, -0.2) is 8.42 Å². The minimum absolute atomic E-state index is 0.0783. The van der Waals surface area contributed by atoms with E-state index in [0.717, 1.165) is 0 Å². The molecule has 0 unspecified atom stereocenters. The van der Waals surface area contributed by atoms with Gasteiger partial charge in [-0.1, -0.05) is 13.8 Å². The number of benzene rings is 1. The van der Waals surface area contributed by atoms with Crippen LogP contribution in [0.15, 0.2) is 33.6 Å². The largest absolute Gasteiger partial charge is 0.470 e. The van der Waals surface area contributed by atoms with Crippen LogP contribution in [0.1, 0.15) is 54.7 Å². The molecule has 12 heteroatoms. The summed E-state index contributed by atoms with van der Waals surface area (Å²) in [6.07, 6.45) is -3.91. The number of carbonyl (C=O) groups excluding carboxylic acids is 1. The Labute approximate surface area is 178 Å². The minimum atomic E-state index is -4.69. The van der Waals surface area contributed by atoms with Crippen LogP contribution in [0.2, 0.25) is 0 Å². The number of carbonyl (C=O) groups is 1. The van der Waals surface area contributed by atoms with Gasteiger partial charge in [-0.3, -0.25) is 4.79 Å². The molecule has 1 aromatic heterocycles. The van der Waals surface area contributed by atoms with E-state index >= 15 is 0 Å². The highest BCUT2D eigenvalue weighted by molar-refractivity contribution is 7.89. The van der Waals surface area contributed by atoms with Crippen molar-refractivity contribution in [2.75, 3.05) is 26.2 Å². The van der Waals surface area contributed by atoms with Gasteiger partial charge in [0.15, 0.2) is 0 Å². The van der Waals surface area contributed by atoms with E-state index in [9.17, 15) is 26.4 Å². The molecule has 0 atom stereocenters. The van der Waals surface area contributed by atoms with Crippen LogP contribution in [0, 0.1) is 0 Å². The summed E-state index contributed by atoms with van der Waals surface area (Å²) in [5.74, 6) is -2.08. The molecule has 1 aliphatic rings. The van der Waals surface area contributed by atoms with E-state index in [0.29, 0.717) is 44.6 Å². The van der Waals surface area contributed by atoms with Crippen molar-refractivity contribution in [3.63, 3.8) is 0 Å². The second-order valence-corrected chi connectivity index (χ2v) is 9.06. The SMILES string of the molecule is CCN(CC)S(=O)(=O)c1ccc(C(=O)N2CCC(c3nnc(C(F)(F)F)o3)CC2)cc1. The van der Waals surface area contributed by atoms with Crippen molar-refractivity contribution in [1.82, 2.24) is 19.4 Å². The number of alkyl halides is 3. The second-order valence-electron chi connectivity index (χ2n) is 7.12. The van der Waals surface area contributed by atoms with Crippen molar-refractivity contribution in [3.8, 4) is 0 Å². The third-order valence-corrected chi connectivity index (χ3v) is 7.32. The summed E-state index contributed by atoms with van der Waals surface area (Å²) < 4.78 is 69.0. The van der Waals surface area contributed by atoms with Crippen LogP contribution in [0.25, 0.3) is 0 Å². The molecule has 0 bridgehead atoms. The molecule has 3 rings (SSSR count). The second kappa shape index (κ2) is 8.95. The summed E-state index contributed by atoms with van der Waals surface area (Å²) in [6.45, 7) is 4.82. The van der Waals surface area contributed by atoms with Crippen molar-refractivity contribution in [2.45, 2.75) is 43.7 Å². The Bertz CT molecular complexity index is 1010. The van der Waals surface area contributed by atoms with Gasteiger partial charge >= 0.3 is 12.1 Å². The van der Waals surface area contributed by atoms with E-state index < -0.39 is 22.1 Å². The number of rotatable bonds is 6. The van der Waals surface area contributed by atoms with Gasteiger partial charge in [0.2, 0.25) is 15.9 Å². The van der Waals surface area contributed by atoms with E-state index in [4.69, 9.17) is 4.42 Å². The number of likely N-dealkylation sites (tertiary alicyclic amines) is 1. The molecule has 1 aliphatic heterocycles. The number of halogens is 3. The molecule has 31 heavy (non-hydrogen) atoms. The lowest BCUT2D eigenvalue weighted by Gasteiger charge is -2.30. The number of piperidine rings is 1. The number of nitrogens with zero attached hydrogens (tertiary/aromatic N) is 4. The van der Waals surface area contributed by atoms with E-state index in [1.54, 1.807) is 18.7 Å². The normalized spacial score (nSPS) is 16.1. The van der Waals surface area contributed by atoms with Crippen molar-refractivity contribution in [1.29, 1.82) is 0 Å². The summed E-state index contributed by atoms with van der Waals surface area (Å²) in [6, 6.07) is 5.76. The third-order valence-electron chi connectivity index (χ3n) is 5.26. The van der Waals surface area contributed by atoms with Gasteiger partial charge in [0.1, 0.15) is 0 Å². The maximum Gasteiger partial charge on any atom is 0.470 e. The molecule has 2 aromatic rings. The number of hydrogen-bond acceptors (Lipinski definition) is 6. The molecule has 8 nitrogen and oxygen atoms in total. The predicted molar refractivity (Wildman–Crippen MR) is 104 cm³/mol. The standard InChI is InChI=1S/C19H23F3N4O4S/c1-3-26(4-2)31(28,29)15-7-5-14(6-8-15)17(27)25-11-9-13(10-12-25)16-23-24-18(30-16)19(20,21)22/h5-8,13H,3-4,9-12H2,1-2H3. The highest BCUT2D eigenvalue weighted by Gasteiger charge is 2.39. The molecule has 0 radical (unpaired) electrons. The van der Waals surface area contributed by atoms with Gasteiger partial charge in [0.25, 0.3) is 5.91 Å². The third kappa shape index (κ3) is 4.90. The fourth-order valence-corrected chi connectivity index (χ4v) is 4.97. The molecular weight excluding hydrogens is 437 g/mol. The lowest BCUT2D eigenvalue weighted by atomic mass is 9.96. The molecular formula is C19H23F3N4O4S. The molecule has 1 amide bonds. The maximum atomic E-state index is 12.8. The summed E-state index contributed by atoms with van der Waals surface area (Å²) in [7, 11) is -3.61. The summed E-state index contributed by atoms with van der Waals surface area (Å²) in [5.41, 5.74) is 0.342. The Hall–Kier alpha value is -2.47. The molecule has 1 aromatic carbocycles. The number of hydrogen-bond donors (Lipinski definition) is 0. The highest BCUT2D eigenvalue weighted by atomic mass is 32.2. The monoisotopic (exact) mass is 460 g/mol. The van der Waals surface area contributed by atoms with Gasteiger partial charge in [-0.2, -0.15) is 17.5 Å². The number of sulfonamides is 1. The van der Waals surface area contributed by atoms with Crippen LogP contribution in [-0.4, -0.2) is 59.9 Å². The maximum absolute atomic E-state index is 12.8.